The molecular weight excluding hydrogens is 278 g/mol. The van der Waals surface area contributed by atoms with Crippen LogP contribution in [0.2, 0.25) is 0 Å². The first kappa shape index (κ1) is 12.1. The van der Waals surface area contributed by atoms with Gasteiger partial charge in [-0.15, -0.1) is 0 Å². The highest BCUT2D eigenvalue weighted by Crippen LogP contribution is 2.63. The Labute approximate surface area is 127 Å². The van der Waals surface area contributed by atoms with E-state index in [1.807, 2.05) is 24.5 Å². The summed E-state index contributed by atoms with van der Waals surface area (Å²) in [6.45, 7) is 0. The molecule has 3 saturated carbocycles. The van der Waals surface area contributed by atoms with Gasteiger partial charge in [-0.2, -0.15) is 0 Å². The minimum Gasteiger partial charge on any atom is -0.324 e. The smallest absolute Gasteiger partial charge is 0.254 e. The topological polar surface area (TPSA) is 55.2 Å². The van der Waals surface area contributed by atoms with Gasteiger partial charge in [0.15, 0.2) is 0 Å². The number of nitrogens with zero attached hydrogens (tertiary/aromatic N) is 3. The second kappa shape index (κ2) is 3.66. The molecule has 2 bridgehead atoms. The number of fused-ring (bicyclic) bond motifs is 2. The van der Waals surface area contributed by atoms with Crippen LogP contribution in [0.15, 0.2) is 42.7 Å². The Balaban J connectivity index is 1.53. The van der Waals surface area contributed by atoms with Crippen LogP contribution < -0.4 is 0 Å². The standard InChI is InChI=1S/C17H15N3O2/c21-14-5-6-15(22)20(14)17-8-7-16(9-17,10-17)19-11-18-12-3-1-2-4-13(12)19/h1-6,11H,7-10H2. The highest BCUT2D eigenvalue weighted by molar-refractivity contribution is 6.13. The van der Waals surface area contributed by atoms with Crippen LogP contribution in [0.25, 0.3) is 11.0 Å². The Bertz CT molecular complexity index is 840. The van der Waals surface area contributed by atoms with Crippen LogP contribution in [0.4, 0.5) is 0 Å². The molecule has 2 aromatic rings. The number of aromatic nitrogens is 2. The third-order valence-electron chi connectivity index (χ3n) is 5.62. The maximum Gasteiger partial charge on any atom is 0.254 e. The van der Waals surface area contributed by atoms with Crippen LogP contribution in [0.5, 0.6) is 0 Å². The molecule has 5 heteroatoms. The second-order valence-electron chi connectivity index (χ2n) is 6.75. The monoisotopic (exact) mass is 293 g/mol. The minimum absolute atomic E-state index is 0.0131. The van der Waals surface area contributed by atoms with Crippen LogP contribution >= 0.6 is 0 Å². The van der Waals surface area contributed by atoms with Crippen molar-refractivity contribution in [3.63, 3.8) is 0 Å². The average Bonchev–Trinajstić information content (AvgIpc) is 3.20. The second-order valence-corrected chi connectivity index (χ2v) is 6.75. The van der Waals surface area contributed by atoms with Crippen LogP contribution in [-0.4, -0.2) is 31.8 Å². The Morgan fingerprint density at radius 2 is 1.64 bits per heavy atom. The van der Waals surface area contributed by atoms with Crippen molar-refractivity contribution in [2.24, 2.45) is 0 Å². The van der Waals surface area contributed by atoms with E-state index in [0.717, 1.165) is 36.7 Å². The van der Waals surface area contributed by atoms with Gasteiger partial charge in [-0.25, -0.2) is 4.98 Å². The molecule has 3 fully saturated rings. The van der Waals surface area contributed by atoms with E-state index in [4.69, 9.17) is 0 Å². The van der Waals surface area contributed by atoms with Gasteiger partial charge in [-0.1, -0.05) is 12.1 Å². The first-order chi connectivity index (χ1) is 10.6. The third kappa shape index (κ3) is 1.27. The fraction of sp³-hybridized carbons (Fsp3) is 0.353. The zero-order valence-corrected chi connectivity index (χ0v) is 12.0. The summed E-state index contributed by atoms with van der Waals surface area (Å²) in [6.07, 6.45) is 8.26. The quantitative estimate of drug-likeness (QED) is 0.796. The van der Waals surface area contributed by atoms with E-state index >= 15 is 0 Å². The van der Waals surface area contributed by atoms with E-state index in [1.54, 1.807) is 0 Å². The summed E-state index contributed by atoms with van der Waals surface area (Å²) in [4.78, 5) is 30.0. The number of imidazole rings is 1. The van der Waals surface area contributed by atoms with Crippen LogP contribution in [-0.2, 0) is 15.1 Å². The van der Waals surface area contributed by atoms with Gasteiger partial charge in [0.05, 0.1) is 28.4 Å². The number of imide groups is 1. The molecule has 0 spiro atoms. The van der Waals surface area contributed by atoms with Gasteiger partial charge in [0, 0.05) is 12.2 Å². The van der Waals surface area contributed by atoms with Gasteiger partial charge in [0.25, 0.3) is 11.8 Å². The van der Waals surface area contributed by atoms with E-state index in [-0.39, 0.29) is 22.9 Å². The van der Waals surface area contributed by atoms with Crippen molar-refractivity contribution in [3.8, 4) is 0 Å². The number of amides is 2. The molecule has 5 nitrogen and oxygen atoms in total. The lowest BCUT2D eigenvalue weighted by molar-refractivity contribution is -0.149. The van der Waals surface area contributed by atoms with Crippen molar-refractivity contribution >= 4 is 22.8 Å². The lowest BCUT2D eigenvalue weighted by Crippen LogP contribution is -2.60. The molecule has 0 N–H and O–H groups in total. The number of hydrogen-bond donors (Lipinski definition) is 0. The van der Waals surface area contributed by atoms with Crippen molar-refractivity contribution in [1.82, 2.24) is 14.5 Å². The number of carbonyl (C=O) groups excluding carboxylic acids is 2. The Morgan fingerprint density at radius 1 is 0.955 bits per heavy atom. The summed E-state index contributed by atoms with van der Waals surface area (Å²) in [5.74, 6) is -0.313. The predicted octanol–water partition coefficient (Wildman–Crippen LogP) is 1.98. The van der Waals surface area contributed by atoms with Gasteiger partial charge in [0.2, 0.25) is 0 Å². The lowest BCUT2D eigenvalue weighted by Gasteiger charge is -2.51. The molecule has 4 aliphatic rings. The molecule has 2 heterocycles. The lowest BCUT2D eigenvalue weighted by atomic mass is 9.69. The van der Waals surface area contributed by atoms with Crippen molar-refractivity contribution in [2.45, 2.75) is 36.8 Å². The molecule has 3 aliphatic carbocycles. The van der Waals surface area contributed by atoms with Crippen LogP contribution in [0.3, 0.4) is 0 Å². The Hall–Kier alpha value is -2.43. The summed E-state index contributed by atoms with van der Waals surface area (Å²) in [6, 6.07) is 8.11. The number of carbonyl (C=O) groups is 2. The highest BCUT2D eigenvalue weighted by atomic mass is 16.2. The largest absolute Gasteiger partial charge is 0.324 e. The first-order valence-corrected chi connectivity index (χ1v) is 7.63. The molecule has 2 amide bonds. The van der Waals surface area contributed by atoms with Crippen LogP contribution in [0, 0.1) is 0 Å². The van der Waals surface area contributed by atoms with Gasteiger partial charge in [0.1, 0.15) is 0 Å². The molecule has 0 unspecified atom stereocenters. The highest BCUT2D eigenvalue weighted by Gasteiger charge is 2.66. The molecule has 0 radical (unpaired) electrons. The first-order valence-electron chi connectivity index (χ1n) is 7.63. The molecule has 110 valence electrons. The summed E-state index contributed by atoms with van der Waals surface area (Å²) in [5.41, 5.74) is 1.87. The molecule has 6 rings (SSSR count). The normalized spacial score (nSPS) is 33.0. The minimum atomic E-state index is -0.275. The summed E-state index contributed by atoms with van der Waals surface area (Å²) < 4.78 is 2.26. The molecule has 0 saturated heterocycles. The van der Waals surface area contributed by atoms with Gasteiger partial charge < -0.3 is 4.57 Å². The molecule has 1 aromatic carbocycles. The summed E-state index contributed by atoms with van der Waals surface area (Å²) in [7, 11) is 0. The fourth-order valence-electron chi connectivity index (χ4n) is 4.76. The van der Waals surface area contributed by atoms with Crippen LogP contribution in [0.1, 0.15) is 25.7 Å². The van der Waals surface area contributed by atoms with E-state index in [0.29, 0.717) is 0 Å². The third-order valence-corrected chi connectivity index (χ3v) is 5.62. The molecular formula is C17H15N3O2. The van der Waals surface area contributed by atoms with Crippen molar-refractivity contribution in [1.29, 1.82) is 0 Å². The number of hydrogen-bond acceptors (Lipinski definition) is 3. The van der Waals surface area contributed by atoms with E-state index in [9.17, 15) is 9.59 Å². The van der Waals surface area contributed by atoms with Gasteiger partial charge in [-0.05, 0) is 37.8 Å². The molecule has 0 atom stereocenters. The maximum absolute atomic E-state index is 12.0. The van der Waals surface area contributed by atoms with Crippen molar-refractivity contribution in [2.75, 3.05) is 0 Å². The zero-order chi connectivity index (χ0) is 14.9. The fourth-order valence-corrected chi connectivity index (χ4v) is 4.76. The Morgan fingerprint density at radius 3 is 2.41 bits per heavy atom. The summed E-state index contributed by atoms with van der Waals surface area (Å²) >= 11 is 0. The Kier molecular flexibility index (Phi) is 2.02. The molecule has 1 aliphatic heterocycles. The molecule has 22 heavy (non-hydrogen) atoms. The van der Waals surface area contributed by atoms with Crippen molar-refractivity contribution < 1.29 is 9.59 Å². The molecule has 1 aromatic heterocycles. The van der Waals surface area contributed by atoms with Crippen molar-refractivity contribution in [3.05, 3.63) is 42.7 Å². The maximum atomic E-state index is 12.0. The van der Waals surface area contributed by atoms with Gasteiger partial charge in [-0.3, -0.25) is 14.5 Å². The number of benzene rings is 1. The average molecular weight is 293 g/mol. The van der Waals surface area contributed by atoms with E-state index in [2.05, 4.69) is 15.6 Å². The zero-order valence-electron chi connectivity index (χ0n) is 12.0. The summed E-state index contributed by atoms with van der Waals surface area (Å²) in [5, 5.41) is 0. The van der Waals surface area contributed by atoms with E-state index in [1.165, 1.54) is 17.1 Å². The van der Waals surface area contributed by atoms with E-state index < -0.39 is 0 Å². The number of rotatable bonds is 2. The predicted molar refractivity (Wildman–Crippen MR) is 79.9 cm³/mol. The number of para-hydroxylation sites is 2. The van der Waals surface area contributed by atoms with Gasteiger partial charge >= 0.3 is 0 Å². The SMILES string of the molecule is O=C1C=CC(=O)N1C12CCC(n3cnc4ccccc43)(C1)C2.